The lowest BCUT2D eigenvalue weighted by molar-refractivity contribution is 0.620. The fourth-order valence-corrected chi connectivity index (χ4v) is 20.8. The predicted octanol–water partition coefficient (Wildman–Crippen LogP) is 30.5. The van der Waals surface area contributed by atoms with Gasteiger partial charge in [-0.3, -0.25) is 0 Å². The van der Waals surface area contributed by atoms with Crippen LogP contribution >= 0.6 is 34.0 Å². The normalized spacial score (nSPS) is 11.5. The maximum Gasteiger partial charge on any atom is 0.228 e. The zero-order valence-electron chi connectivity index (χ0n) is 70.1. The molecule has 0 spiro atoms. The molecule has 18 heteroatoms. The predicted molar refractivity (Wildman–Crippen MR) is 537 cm³/mol. The Morgan fingerprint density at radius 3 is 0.712 bits per heavy atom. The Kier molecular flexibility index (Phi) is 20.1. The minimum absolute atomic E-state index is 0.618. The SMILES string of the molecule is c1ccc(-c2ccc(-c3nc(-c4ccccc4)nc(-c4cccc5sc6c(-c7nc8ccccc8o7)cccc6c45)n3)cc2)cc1.c1ccc(-c2cccc(-c3nc(-c4ccccc4)nc(-c4cccc5sc6c(-c7nc8ccccc8o7)cccc6c45)n3)c2)cc1.c1ccc(-c2nc(-c3ccccc3)nc(-c3cccc4sc5c(-c6nc7ccccc7o6)cccc5c34)n2)cc1. The minimum atomic E-state index is 0.618. The summed E-state index contributed by atoms with van der Waals surface area (Å²) in [5, 5.41) is 6.68. The standard InChI is InChI=1S/2C40H24N4OS.C34H20N4OS/c1-3-12-25(13-4-1)27-16-9-17-28(24-27)38-42-37(26-14-5-2-6-15-26)43-39(44-38)30-19-11-23-34-35(30)29-18-10-20-31(36(29)46-34)40-41-32-21-7-8-22-33(32)45-40;1-3-11-25(12-4-1)26-21-23-28(24-22-26)38-42-37(27-13-5-2-6-14-27)43-39(44-38)30-16-10-20-34-35(30)29-15-9-17-31(36(29)46-34)40-41-32-18-7-8-19-33(32)45-40;1-3-11-21(12-4-1)31-36-32(22-13-5-2-6-14-22)38-33(37-31)24-16-10-20-28-29(24)23-15-9-17-25(30(23)40-28)34-35-26-18-7-8-19-27(26)39-34/h2*1-24H;1-20H. The Morgan fingerprint density at radius 2 is 0.386 bits per heavy atom. The van der Waals surface area contributed by atoms with Gasteiger partial charge in [-0.05, 0) is 101 Å². The molecule has 15 nitrogen and oxygen atoms in total. The highest BCUT2D eigenvalue weighted by Gasteiger charge is 2.26. The van der Waals surface area contributed by atoms with E-state index in [9.17, 15) is 0 Å². The van der Waals surface area contributed by atoms with Crippen LogP contribution in [-0.4, -0.2) is 59.8 Å². The van der Waals surface area contributed by atoms with E-state index in [0.717, 1.165) is 177 Å². The van der Waals surface area contributed by atoms with Gasteiger partial charge in [0, 0.05) is 111 Å². The van der Waals surface area contributed by atoms with Crippen LogP contribution in [0.5, 0.6) is 0 Å². The number of aromatic nitrogens is 12. The molecular weight excluding hydrogens is 1680 g/mol. The summed E-state index contributed by atoms with van der Waals surface area (Å²) in [7, 11) is 0. The number of fused-ring (bicyclic) bond motifs is 12. The zero-order valence-corrected chi connectivity index (χ0v) is 72.5. The van der Waals surface area contributed by atoms with Crippen molar-refractivity contribution in [3.63, 3.8) is 0 Å². The van der Waals surface area contributed by atoms with E-state index in [2.05, 4.69) is 206 Å². The van der Waals surface area contributed by atoms with Crippen molar-refractivity contribution in [1.29, 1.82) is 0 Å². The van der Waals surface area contributed by atoms with Crippen LogP contribution in [0, 0.1) is 0 Å². The van der Waals surface area contributed by atoms with Crippen LogP contribution in [0.25, 0.3) is 253 Å². The smallest absolute Gasteiger partial charge is 0.228 e. The monoisotopic (exact) mass is 1750 g/mol. The molecule has 0 atom stereocenters. The van der Waals surface area contributed by atoms with Crippen molar-refractivity contribution in [2.24, 2.45) is 0 Å². The Bertz CT molecular complexity index is 8700. The van der Waals surface area contributed by atoms with Gasteiger partial charge in [-0.1, -0.05) is 334 Å². The summed E-state index contributed by atoms with van der Waals surface area (Å²) < 4.78 is 25.4. The van der Waals surface area contributed by atoms with Crippen LogP contribution in [0.2, 0.25) is 0 Å². The molecular formula is C114H68N12O3S3. The lowest BCUT2D eigenvalue weighted by Crippen LogP contribution is -2.00. The third-order valence-corrected chi connectivity index (χ3v) is 27.0. The Balaban J connectivity index is 0.000000110. The first-order chi connectivity index (χ1) is 65.4. The van der Waals surface area contributed by atoms with Crippen molar-refractivity contribution in [2.75, 3.05) is 0 Å². The van der Waals surface area contributed by atoms with Gasteiger partial charge < -0.3 is 13.3 Å². The van der Waals surface area contributed by atoms with Crippen LogP contribution in [0.1, 0.15) is 0 Å². The highest BCUT2D eigenvalue weighted by Crippen LogP contribution is 2.49. The third-order valence-electron chi connectivity index (χ3n) is 23.4. The largest absolute Gasteiger partial charge is 0.436 e. The zero-order chi connectivity index (χ0) is 87.4. The maximum absolute atomic E-state index is 6.21. The van der Waals surface area contributed by atoms with E-state index in [1.807, 2.05) is 206 Å². The van der Waals surface area contributed by atoms with Gasteiger partial charge in [0.05, 0.1) is 16.7 Å². The van der Waals surface area contributed by atoms with Gasteiger partial charge in [-0.25, -0.2) is 59.8 Å². The number of hydrogen-bond donors (Lipinski definition) is 0. The molecule has 0 fully saturated rings. The summed E-state index contributed by atoms with van der Waals surface area (Å²) >= 11 is 5.19. The van der Waals surface area contributed by atoms with Crippen molar-refractivity contribution >= 4 is 128 Å². The first kappa shape index (κ1) is 78.3. The van der Waals surface area contributed by atoms with Crippen molar-refractivity contribution < 1.29 is 13.3 Å². The molecule has 0 aliphatic rings. The van der Waals surface area contributed by atoms with Crippen LogP contribution < -0.4 is 0 Å². The maximum atomic E-state index is 6.21. The van der Waals surface area contributed by atoms with Crippen LogP contribution in [0.4, 0.5) is 0 Å². The van der Waals surface area contributed by atoms with Gasteiger partial charge in [-0.2, -0.15) is 0 Å². The van der Waals surface area contributed by atoms with E-state index in [1.165, 1.54) is 5.56 Å². The second-order valence-corrected chi connectivity index (χ2v) is 34.8. The molecule has 132 heavy (non-hydrogen) atoms. The van der Waals surface area contributed by atoms with Gasteiger partial charge in [0.1, 0.15) is 16.6 Å². The molecule has 0 saturated carbocycles. The van der Waals surface area contributed by atoms with E-state index in [-0.39, 0.29) is 0 Å². The van der Waals surface area contributed by atoms with Gasteiger partial charge in [-0.15, -0.1) is 34.0 Å². The van der Waals surface area contributed by atoms with Gasteiger partial charge in [0.2, 0.25) is 17.7 Å². The number of nitrogens with zero attached hydrogens (tertiary/aromatic N) is 12. The van der Waals surface area contributed by atoms with Crippen LogP contribution in [0.15, 0.2) is 426 Å². The Hall–Kier alpha value is -17.2. The summed E-state index contributed by atoms with van der Waals surface area (Å²) in [6.07, 6.45) is 0. The molecule has 0 saturated heterocycles. The van der Waals surface area contributed by atoms with Crippen molar-refractivity contribution in [2.45, 2.75) is 0 Å². The van der Waals surface area contributed by atoms with E-state index >= 15 is 0 Å². The molecule has 9 aromatic heterocycles. The second kappa shape index (κ2) is 33.9. The van der Waals surface area contributed by atoms with Crippen molar-refractivity contribution in [1.82, 2.24) is 59.8 Å². The molecule has 0 unspecified atom stereocenters. The fourth-order valence-electron chi connectivity index (χ4n) is 17.1. The van der Waals surface area contributed by atoms with Crippen LogP contribution in [-0.2, 0) is 0 Å². The summed E-state index contributed by atoms with van der Waals surface area (Å²) in [6.45, 7) is 0. The summed E-state index contributed by atoms with van der Waals surface area (Å²) in [5.41, 5.74) is 20.9. The van der Waals surface area contributed by atoms with Gasteiger partial charge in [0.15, 0.2) is 69.2 Å². The van der Waals surface area contributed by atoms with Gasteiger partial charge in [0.25, 0.3) is 0 Å². The van der Waals surface area contributed by atoms with E-state index in [0.29, 0.717) is 70.1 Å². The van der Waals surface area contributed by atoms with Crippen molar-refractivity contribution in [3.8, 4) is 159 Å². The second-order valence-electron chi connectivity index (χ2n) is 31.6. The molecule has 620 valence electrons. The Morgan fingerprint density at radius 1 is 0.159 bits per heavy atom. The topological polar surface area (TPSA) is 194 Å². The molecule has 0 aliphatic heterocycles. The lowest BCUT2D eigenvalue weighted by Gasteiger charge is -2.10. The van der Waals surface area contributed by atoms with E-state index in [1.54, 1.807) is 34.0 Å². The molecule has 0 bridgehead atoms. The first-order valence-electron chi connectivity index (χ1n) is 43.1. The minimum Gasteiger partial charge on any atom is -0.436 e. The number of hydrogen-bond acceptors (Lipinski definition) is 18. The number of para-hydroxylation sites is 6. The highest BCUT2D eigenvalue weighted by atomic mass is 32.1. The van der Waals surface area contributed by atoms with E-state index in [4.69, 9.17) is 73.1 Å². The molecule has 0 aliphatic carbocycles. The quantitative estimate of drug-likeness (QED) is 0.0997. The molecule has 26 aromatic rings. The first-order valence-corrected chi connectivity index (χ1v) is 45.6. The summed E-state index contributed by atoms with van der Waals surface area (Å²) in [4.78, 5) is 59.6. The number of benzene rings is 17. The van der Waals surface area contributed by atoms with E-state index < -0.39 is 0 Å². The Labute approximate surface area is 766 Å². The molecule has 26 rings (SSSR count). The molecule has 0 amide bonds. The molecule has 0 N–H and O–H groups in total. The molecule has 0 radical (unpaired) electrons. The number of rotatable bonds is 14. The van der Waals surface area contributed by atoms with Crippen LogP contribution in [0.3, 0.4) is 0 Å². The summed E-state index contributed by atoms with van der Waals surface area (Å²) in [5.74, 6) is 7.59. The fraction of sp³-hybridized carbons (Fsp3) is 0. The van der Waals surface area contributed by atoms with Crippen molar-refractivity contribution in [3.05, 3.63) is 413 Å². The highest BCUT2D eigenvalue weighted by molar-refractivity contribution is 7.27. The average molecular weight is 1750 g/mol. The lowest BCUT2D eigenvalue weighted by atomic mass is 10.0. The van der Waals surface area contributed by atoms with Gasteiger partial charge >= 0.3 is 0 Å². The average Bonchev–Trinajstić information content (AvgIpc) is 1.59. The molecule has 9 heterocycles. The summed E-state index contributed by atoms with van der Waals surface area (Å²) in [6, 6.07) is 139. The molecule has 17 aromatic carbocycles. The number of thiophene rings is 3. The third kappa shape index (κ3) is 14.9. The number of oxazole rings is 3.